The van der Waals surface area contributed by atoms with E-state index in [1.54, 1.807) is 0 Å². The van der Waals surface area contributed by atoms with Crippen LogP contribution < -0.4 is 5.32 Å². The van der Waals surface area contributed by atoms with Crippen LogP contribution in [0.5, 0.6) is 0 Å². The minimum absolute atomic E-state index is 0.154. The van der Waals surface area contributed by atoms with Gasteiger partial charge in [-0.05, 0) is 60.0 Å². The van der Waals surface area contributed by atoms with Crippen molar-refractivity contribution in [1.29, 1.82) is 0 Å². The average Bonchev–Trinajstić information content (AvgIpc) is 3.12. The van der Waals surface area contributed by atoms with Gasteiger partial charge in [-0.25, -0.2) is 0 Å². The topological polar surface area (TPSA) is 41.6 Å². The molecule has 1 rings (SSSR count). The van der Waals surface area contributed by atoms with Crippen molar-refractivity contribution in [1.82, 2.24) is 10.2 Å². The fraction of sp³-hybridized carbons (Fsp3) is 0.929. The molecule has 0 aliphatic heterocycles. The first kappa shape index (κ1) is 15.4. The Bertz CT molecular complexity index is 279. The Morgan fingerprint density at radius 1 is 1.56 bits per heavy atom. The van der Waals surface area contributed by atoms with E-state index in [1.165, 1.54) is 12.8 Å². The van der Waals surface area contributed by atoms with Gasteiger partial charge in [-0.1, -0.05) is 0 Å². The van der Waals surface area contributed by atoms with Crippen molar-refractivity contribution in [2.24, 2.45) is 5.92 Å². The summed E-state index contributed by atoms with van der Waals surface area (Å²) in [6.07, 6.45) is 3.49. The molecule has 0 aromatic carbocycles. The van der Waals surface area contributed by atoms with Crippen molar-refractivity contribution in [2.45, 2.75) is 51.6 Å². The molecule has 106 valence electrons. The van der Waals surface area contributed by atoms with Crippen LogP contribution in [-0.2, 0) is 9.53 Å². The van der Waals surface area contributed by atoms with Gasteiger partial charge in [0.25, 0.3) is 0 Å². The van der Waals surface area contributed by atoms with Crippen LogP contribution in [-0.4, -0.2) is 49.7 Å². The standard InChI is InChI=1S/C14H28N2O2/c1-6-18-13(17)14(3,15-4)9-11(2)16(5)10-12-7-8-12/h11-12,15H,6-10H2,1-5H3. The number of esters is 1. The maximum atomic E-state index is 12.0. The van der Waals surface area contributed by atoms with Gasteiger partial charge in [0.1, 0.15) is 5.54 Å². The minimum Gasteiger partial charge on any atom is -0.465 e. The summed E-state index contributed by atoms with van der Waals surface area (Å²) in [4.78, 5) is 14.3. The number of likely N-dealkylation sites (N-methyl/N-ethyl adjacent to an activating group) is 1. The SMILES string of the molecule is CCOC(=O)C(C)(CC(C)N(C)CC1CC1)NC. The normalized spacial score (nSPS) is 20.6. The molecule has 0 amide bonds. The third-order valence-corrected chi connectivity index (χ3v) is 3.98. The van der Waals surface area contributed by atoms with E-state index in [9.17, 15) is 4.79 Å². The Morgan fingerprint density at radius 2 is 2.17 bits per heavy atom. The molecule has 2 unspecified atom stereocenters. The van der Waals surface area contributed by atoms with Crippen LogP contribution in [0.4, 0.5) is 0 Å². The van der Waals surface area contributed by atoms with Gasteiger partial charge >= 0.3 is 5.97 Å². The van der Waals surface area contributed by atoms with Gasteiger partial charge in [-0.3, -0.25) is 4.79 Å². The molecular formula is C14H28N2O2. The van der Waals surface area contributed by atoms with E-state index in [0.29, 0.717) is 12.6 Å². The number of nitrogens with zero attached hydrogens (tertiary/aromatic N) is 1. The molecule has 2 atom stereocenters. The van der Waals surface area contributed by atoms with Crippen LogP contribution in [0.2, 0.25) is 0 Å². The van der Waals surface area contributed by atoms with Crippen LogP contribution in [0, 0.1) is 5.92 Å². The first-order valence-electron chi connectivity index (χ1n) is 6.99. The van der Waals surface area contributed by atoms with Gasteiger partial charge in [0.15, 0.2) is 0 Å². The van der Waals surface area contributed by atoms with Crippen LogP contribution >= 0.6 is 0 Å². The lowest BCUT2D eigenvalue weighted by atomic mass is 9.93. The van der Waals surface area contributed by atoms with Crippen LogP contribution in [0.15, 0.2) is 0 Å². The van der Waals surface area contributed by atoms with Crippen molar-refractivity contribution in [3.8, 4) is 0 Å². The summed E-state index contributed by atoms with van der Waals surface area (Å²) in [5, 5.41) is 3.12. The molecule has 0 aromatic heterocycles. The van der Waals surface area contributed by atoms with Crippen LogP contribution in [0.25, 0.3) is 0 Å². The maximum Gasteiger partial charge on any atom is 0.326 e. The minimum atomic E-state index is -0.590. The zero-order valence-electron chi connectivity index (χ0n) is 12.5. The Balaban J connectivity index is 2.51. The first-order valence-corrected chi connectivity index (χ1v) is 6.99. The molecule has 1 aliphatic carbocycles. The lowest BCUT2D eigenvalue weighted by Crippen LogP contribution is -2.52. The Labute approximate surface area is 111 Å². The van der Waals surface area contributed by atoms with Gasteiger partial charge < -0.3 is 15.0 Å². The van der Waals surface area contributed by atoms with E-state index < -0.39 is 5.54 Å². The van der Waals surface area contributed by atoms with Crippen molar-refractivity contribution < 1.29 is 9.53 Å². The summed E-state index contributed by atoms with van der Waals surface area (Å²) in [7, 11) is 3.97. The Kier molecular flexibility index (Phi) is 5.60. The van der Waals surface area contributed by atoms with Gasteiger partial charge in [0, 0.05) is 12.6 Å². The van der Waals surface area contributed by atoms with E-state index in [0.717, 1.165) is 18.9 Å². The van der Waals surface area contributed by atoms with E-state index in [2.05, 4.69) is 24.2 Å². The second-order valence-electron chi connectivity index (χ2n) is 5.74. The molecule has 1 aliphatic rings. The summed E-state index contributed by atoms with van der Waals surface area (Å²) in [5.74, 6) is 0.722. The molecule has 0 spiro atoms. The zero-order chi connectivity index (χ0) is 13.8. The maximum absolute atomic E-state index is 12.0. The average molecular weight is 256 g/mol. The lowest BCUT2D eigenvalue weighted by Gasteiger charge is -2.33. The molecule has 0 bridgehead atoms. The highest BCUT2D eigenvalue weighted by molar-refractivity contribution is 5.80. The summed E-state index contributed by atoms with van der Waals surface area (Å²) in [6, 6.07) is 0.368. The largest absolute Gasteiger partial charge is 0.465 e. The van der Waals surface area contributed by atoms with Crippen LogP contribution in [0.3, 0.4) is 0 Å². The number of rotatable bonds is 8. The number of carbonyl (C=O) groups excluding carboxylic acids is 1. The number of carbonyl (C=O) groups is 1. The fourth-order valence-corrected chi connectivity index (χ4v) is 2.21. The zero-order valence-corrected chi connectivity index (χ0v) is 12.5. The monoisotopic (exact) mass is 256 g/mol. The number of nitrogens with one attached hydrogen (secondary N) is 1. The molecule has 0 saturated heterocycles. The Morgan fingerprint density at radius 3 is 2.61 bits per heavy atom. The fourth-order valence-electron chi connectivity index (χ4n) is 2.21. The predicted octanol–water partition coefficient (Wildman–Crippen LogP) is 1.65. The molecule has 0 heterocycles. The van der Waals surface area contributed by atoms with Crippen molar-refractivity contribution in [3.05, 3.63) is 0 Å². The molecule has 1 N–H and O–H groups in total. The van der Waals surface area contributed by atoms with Gasteiger partial charge in [-0.2, -0.15) is 0 Å². The molecule has 18 heavy (non-hydrogen) atoms. The van der Waals surface area contributed by atoms with E-state index in [1.807, 2.05) is 20.9 Å². The Hall–Kier alpha value is -0.610. The van der Waals surface area contributed by atoms with Crippen molar-refractivity contribution in [2.75, 3.05) is 27.2 Å². The van der Waals surface area contributed by atoms with Crippen molar-refractivity contribution >= 4 is 5.97 Å². The first-order chi connectivity index (χ1) is 8.42. The molecule has 0 aromatic rings. The molecule has 1 fully saturated rings. The third-order valence-electron chi connectivity index (χ3n) is 3.98. The second kappa shape index (κ2) is 6.53. The number of hydrogen-bond donors (Lipinski definition) is 1. The van der Waals surface area contributed by atoms with E-state index in [4.69, 9.17) is 4.74 Å². The molecule has 4 heteroatoms. The lowest BCUT2D eigenvalue weighted by molar-refractivity contribution is -0.151. The van der Waals surface area contributed by atoms with E-state index >= 15 is 0 Å². The third kappa shape index (κ3) is 4.25. The number of hydrogen-bond acceptors (Lipinski definition) is 4. The molecule has 1 saturated carbocycles. The highest BCUT2D eigenvalue weighted by Gasteiger charge is 2.36. The van der Waals surface area contributed by atoms with Crippen molar-refractivity contribution in [3.63, 3.8) is 0 Å². The summed E-state index contributed by atoms with van der Waals surface area (Å²) < 4.78 is 5.15. The molecular weight excluding hydrogens is 228 g/mol. The second-order valence-corrected chi connectivity index (χ2v) is 5.74. The summed E-state index contributed by atoms with van der Waals surface area (Å²) in [6.45, 7) is 7.52. The summed E-state index contributed by atoms with van der Waals surface area (Å²) in [5.41, 5.74) is -0.590. The van der Waals surface area contributed by atoms with Gasteiger partial charge in [-0.15, -0.1) is 0 Å². The number of ether oxygens (including phenoxy) is 1. The molecule has 0 radical (unpaired) electrons. The quantitative estimate of drug-likeness (QED) is 0.671. The predicted molar refractivity (Wildman–Crippen MR) is 73.5 cm³/mol. The van der Waals surface area contributed by atoms with Crippen LogP contribution in [0.1, 0.15) is 40.0 Å². The highest BCUT2D eigenvalue weighted by Crippen LogP contribution is 2.30. The van der Waals surface area contributed by atoms with Gasteiger partial charge in [0.05, 0.1) is 6.61 Å². The molecule has 4 nitrogen and oxygen atoms in total. The van der Waals surface area contributed by atoms with Gasteiger partial charge in [0.2, 0.25) is 0 Å². The highest BCUT2D eigenvalue weighted by atomic mass is 16.5. The smallest absolute Gasteiger partial charge is 0.326 e. The van der Waals surface area contributed by atoms with E-state index in [-0.39, 0.29) is 5.97 Å². The summed E-state index contributed by atoms with van der Waals surface area (Å²) >= 11 is 0.